The summed E-state index contributed by atoms with van der Waals surface area (Å²) in [6.45, 7) is 2.97. The first-order valence-corrected chi connectivity index (χ1v) is 7.75. The smallest absolute Gasteiger partial charge is 0.322 e. The second kappa shape index (κ2) is 5.95. The van der Waals surface area contributed by atoms with E-state index in [1.165, 1.54) is 17.0 Å². The van der Waals surface area contributed by atoms with Crippen molar-refractivity contribution in [3.63, 3.8) is 0 Å². The molecule has 0 unspecified atom stereocenters. The summed E-state index contributed by atoms with van der Waals surface area (Å²) in [5.74, 6) is -0.129. The minimum Gasteiger partial charge on any atom is -0.333 e. The molecule has 1 atom stereocenters. The second-order valence-corrected chi connectivity index (χ2v) is 5.88. The van der Waals surface area contributed by atoms with Gasteiger partial charge in [0.25, 0.3) is 11.6 Å². The third kappa shape index (κ3) is 2.49. The Balaban J connectivity index is 2.04. The molecule has 2 aliphatic rings. The largest absolute Gasteiger partial charge is 0.333 e. The second-order valence-electron chi connectivity index (χ2n) is 5.88. The summed E-state index contributed by atoms with van der Waals surface area (Å²) in [7, 11) is 1.62. The van der Waals surface area contributed by atoms with E-state index in [9.17, 15) is 19.7 Å². The molecular formula is C16H18N4O4. The molecule has 0 aromatic heterocycles. The molecular weight excluding hydrogens is 312 g/mol. The standard InChI is InChI=1S/C16H18N4O4/c1-3-7-19-9-12-13(15(19)21)14(17-16(22)18(12)2)10-5-4-6-11(8-10)20(23)24/h4-6,8,14H,3,7,9H2,1-2H3,(H,17,22)/t14-/m0/s1. The SMILES string of the molecule is CCCN1CC2=C(C1=O)[C@H](c1cccc([N+](=O)[O-])c1)NC(=O)N2C. The number of nitro benzene ring substituents is 1. The normalized spacial score (nSPS) is 20.3. The van der Waals surface area contributed by atoms with Crippen molar-refractivity contribution in [2.24, 2.45) is 0 Å². The summed E-state index contributed by atoms with van der Waals surface area (Å²) in [6, 6.07) is 5.03. The van der Waals surface area contributed by atoms with Crippen LogP contribution >= 0.6 is 0 Å². The monoisotopic (exact) mass is 330 g/mol. The number of nitrogens with one attached hydrogen (secondary N) is 1. The molecule has 0 saturated carbocycles. The molecule has 2 heterocycles. The lowest BCUT2D eigenvalue weighted by Gasteiger charge is -2.31. The molecule has 1 aromatic rings. The van der Waals surface area contributed by atoms with Gasteiger partial charge in [-0.2, -0.15) is 0 Å². The van der Waals surface area contributed by atoms with Crippen molar-refractivity contribution in [1.82, 2.24) is 15.1 Å². The van der Waals surface area contributed by atoms with Crippen molar-refractivity contribution in [2.45, 2.75) is 19.4 Å². The van der Waals surface area contributed by atoms with E-state index in [0.29, 0.717) is 29.9 Å². The fourth-order valence-electron chi connectivity index (χ4n) is 3.14. The predicted octanol–water partition coefficient (Wildman–Crippen LogP) is 1.80. The molecule has 1 N–H and O–H groups in total. The van der Waals surface area contributed by atoms with Crippen LogP contribution in [0.1, 0.15) is 24.9 Å². The van der Waals surface area contributed by atoms with Crippen LogP contribution < -0.4 is 5.32 Å². The van der Waals surface area contributed by atoms with Crippen LogP contribution in [0.2, 0.25) is 0 Å². The Kier molecular flexibility index (Phi) is 3.96. The van der Waals surface area contributed by atoms with E-state index in [1.807, 2.05) is 6.92 Å². The van der Waals surface area contributed by atoms with E-state index in [1.54, 1.807) is 24.1 Å². The minimum absolute atomic E-state index is 0.0707. The number of rotatable bonds is 4. The Hall–Kier alpha value is -2.90. The molecule has 0 radical (unpaired) electrons. The Morgan fingerprint density at radius 1 is 1.38 bits per heavy atom. The predicted molar refractivity (Wildman–Crippen MR) is 86.0 cm³/mol. The quantitative estimate of drug-likeness (QED) is 0.672. The molecule has 0 bridgehead atoms. The number of hydrogen-bond acceptors (Lipinski definition) is 4. The van der Waals surface area contributed by atoms with Crippen LogP contribution in [0.25, 0.3) is 0 Å². The Bertz CT molecular complexity index is 758. The zero-order chi connectivity index (χ0) is 17.4. The molecule has 8 nitrogen and oxygen atoms in total. The van der Waals surface area contributed by atoms with Crippen molar-refractivity contribution in [3.05, 3.63) is 51.2 Å². The zero-order valence-corrected chi connectivity index (χ0v) is 13.5. The fraction of sp³-hybridized carbons (Fsp3) is 0.375. The molecule has 3 rings (SSSR count). The first kappa shape index (κ1) is 16.0. The first-order chi connectivity index (χ1) is 11.4. The summed E-state index contributed by atoms with van der Waals surface area (Å²) in [5.41, 5.74) is 1.61. The third-order valence-corrected chi connectivity index (χ3v) is 4.34. The van der Waals surface area contributed by atoms with E-state index < -0.39 is 11.0 Å². The highest BCUT2D eigenvalue weighted by Crippen LogP contribution is 2.36. The molecule has 0 fully saturated rings. The average Bonchev–Trinajstić information content (AvgIpc) is 2.89. The van der Waals surface area contributed by atoms with Crippen LogP contribution in [0.4, 0.5) is 10.5 Å². The van der Waals surface area contributed by atoms with Gasteiger partial charge in [0, 0.05) is 25.7 Å². The maximum atomic E-state index is 12.7. The molecule has 3 amide bonds. The van der Waals surface area contributed by atoms with Gasteiger partial charge in [0.15, 0.2) is 0 Å². The minimum atomic E-state index is -0.669. The lowest BCUT2D eigenvalue weighted by Crippen LogP contribution is -2.45. The fourth-order valence-corrected chi connectivity index (χ4v) is 3.14. The summed E-state index contributed by atoms with van der Waals surface area (Å²) >= 11 is 0. The highest BCUT2D eigenvalue weighted by molar-refractivity contribution is 6.01. The number of benzene rings is 1. The molecule has 0 saturated heterocycles. The number of nitrogens with zero attached hydrogens (tertiary/aromatic N) is 3. The topological polar surface area (TPSA) is 95.8 Å². The van der Waals surface area contributed by atoms with E-state index >= 15 is 0 Å². The number of amides is 3. The van der Waals surface area contributed by atoms with Gasteiger partial charge >= 0.3 is 6.03 Å². The van der Waals surface area contributed by atoms with Gasteiger partial charge in [0.2, 0.25) is 0 Å². The summed E-state index contributed by atoms with van der Waals surface area (Å²) < 4.78 is 0. The van der Waals surface area contributed by atoms with Crippen molar-refractivity contribution in [1.29, 1.82) is 0 Å². The van der Waals surface area contributed by atoms with Crippen LogP contribution in [0.3, 0.4) is 0 Å². The highest BCUT2D eigenvalue weighted by Gasteiger charge is 2.42. The van der Waals surface area contributed by atoms with Gasteiger partial charge in [-0.15, -0.1) is 0 Å². The van der Waals surface area contributed by atoms with Crippen LogP contribution in [0, 0.1) is 10.1 Å². The van der Waals surface area contributed by atoms with Crippen LogP contribution in [-0.4, -0.2) is 46.8 Å². The lowest BCUT2D eigenvalue weighted by molar-refractivity contribution is -0.384. The van der Waals surface area contributed by atoms with Gasteiger partial charge in [-0.25, -0.2) is 4.79 Å². The first-order valence-electron chi connectivity index (χ1n) is 7.75. The van der Waals surface area contributed by atoms with E-state index in [4.69, 9.17) is 0 Å². The van der Waals surface area contributed by atoms with Crippen molar-refractivity contribution in [3.8, 4) is 0 Å². The molecule has 8 heteroatoms. The third-order valence-electron chi connectivity index (χ3n) is 4.34. The number of likely N-dealkylation sites (N-methyl/N-ethyl adjacent to an activating group) is 1. The number of non-ortho nitro benzene ring substituents is 1. The molecule has 0 aliphatic carbocycles. The van der Waals surface area contributed by atoms with Gasteiger partial charge in [-0.05, 0) is 12.0 Å². The summed E-state index contributed by atoms with van der Waals surface area (Å²) in [5, 5.41) is 13.8. The van der Waals surface area contributed by atoms with Gasteiger partial charge in [0.1, 0.15) is 0 Å². The van der Waals surface area contributed by atoms with E-state index in [0.717, 1.165) is 6.42 Å². The summed E-state index contributed by atoms with van der Waals surface area (Å²) in [4.78, 5) is 38.6. The van der Waals surface area contributed by atoms with Crippen LogP contribution in [-0.2, 0) is 4.79 Å². The zero-order valence-electron chi connectivity index (χ0n) is 13.5. The maximum Gasteiger partial charge on any atom is 0.322 e. The van der Waals surface area contributed by atoms with E-state index in [2.05, 4.69) is 5.32 Å². The van der Waals surface area contributed by atoms with Gasteiger partial charge in [0.05, 0.1) is 28.8 Å². The number of hydrogen-bond donors (Lipinski definition) is 1. The van der Waals surface area contributed by atoms with Gasteiger partial charge in [-0.1, -0.05) is 19.1 Å². The number of carbonyl (C=O) groups excluding carboxylic acids is 2. The summed E-state index contributed by atoms with van der Waals surface area (Å²) in [6.07, 6.45) is 0.818. The molecule has 2 aliphatic heterocycles. The number of carbonyl (C=O) groups is 2. The lowest BCUT2D eigenvalue weighted by atomic mass is 9.95. The Labute approximate surface area is 138 Å². The molecule has 0 spiro atoms. The van der Waals surface area contributed by atoms with Crippen molar-refractivity contribution >= 4 is 17.6 Å². The maximum absolute atomic E-state index is 12.7. The van der Waals surface area contributed by atoms with Crippen molar-refractivity contribution < 1.29 is 14.5 Å². The van der Waals surface area contributed by atoms with Crippen LogP contribution in [0.15, 0.2) is 35.5 Å². The van der Waals surface area contributed by atoms with Crippen molar-refractivity contribution in [2.75, 3.05) is 20.1 Å². The Morgan fingerprint density at radius 3 is 2.79 bits per heavy atom. The molecule has 1 aromatic carbocycles. The molecule has 24 heavy (non-hydrogen) atoms. The number of urea groups is 1. The average molecular weight is 330 g/mol. The van der Waals surface area contributed by atoms with E-state index in [-0.39, 0.29) is 17.6 Å². The number of nitro groups is 1. The Morgan fingerprint density at radius 2 is 2.12 bits per heavy atom. The highest BCUT2D eigenvalue weighted by atomic mass is 16.6. The molecule has 126 valence electrons. The van der Waals surface area contributed by atoms with Gasteiger partial charge in [-0.3, -0.25) is 19.8 Å². The van der Waals surface area contributed by atoms with Gasteiger partial charge < -0.3 is 10.2 Å². The van der Waals surface area contributed by atoms with Crippen LogP contribution in [0.5, 0.6) is 0 Å².